The summed E-state index contributed by atoms with van der Waals surface area (Å²) in [5.74, 6) is -1.17. The van der Waals surface area contributed by atoms with E-state index < -0.39 is 11.8 Å². The van der Waals surface area contributed by atoms with E-state index in [-0.39, 0.29) is 6.04 Å². The van der Waals surface area contributed by atoms with E-state index in [9.17, 15) is 9.59 Å². The first-order valence-electron chi connectivity index (χ1n) is 8.71. The van der Waals surface area contributed by atoms with Crippen LogP contribution in [0.25, 0.3) is 0 Å². The van der Waals surface area contributed by atoms with Gasteiger partial charge in [-0.1, -0.05) is 18.2 Å². The second kappa shape index (κ2) is 8.26. The van der Waals surface area contributed by atoms with Gasteiger partial charge < -0.3 is 20.3 Å². The lowest BCUT2D eigenvalue weighted by molar-refractivity contribution is -0.136. The molecule has 0 spiro atoms. The summed E-state index contributed by atoms with van der Waals surface area (Å²) < 4.78 is 5.67. The SMILES string of the molecule is O=C(Nc1ccccc1)C(=O)NC1CCN(C[C@@H]2CCCO2)CC1. The third kappa shape index (κ3) is 4.79. The minimum absolute atomic E-state index is 0.0692. The smallest absolute Gasteiger partial charge is 0.313 e. The molecule has 2 aliphatic rings. The fraction of sp³-hybridized carbons (Fsp3) is 0.556. The number of rotatable bonds is 4. The molecule has 0 bridgehead atoms. The number of amides is 2. The van der Waals surface area contributed by atoms with Gasteiger partial charge in [-0.15, -0.1) is 0 Å². The highest BCUT2D eigenvalue weighted by Crippen LogP contribution is 2.17. The highest BCUT2D eigenvalue weighted by Gasteiger charge is 2.26. The van der Waals surface area contributed by atoms with Crippen LogP contribution in [0.3, 0.4) is 0 Å². The second-order valence-electron chi connectivity index (χ2n) is 6.50. The monoisotopic (exact) mass is 331 g/mol. The number of carbonyl (C=O) groups excluding carboxylic acids is 2. The maximum absolute atomic E-state index is 12.0. The highest BCUT2D eigenvalue weighted by atomic mass is 16.5. The molecule has 6 nitrogen and oxygen atoms in total. The van der Waals surface area contributed by atoms with E-state index in [0.717, 1.165) is 51.9 Å². The zero-order chi connectivity index (χ0) is 16.8. The third-order valence-electron chi connectivity index (χ3n) is 4.65. The average Bonchev–Trinajstić information content (AvgIpc) is 3.10. The molecular weight excluding hydrogens is 306 g/mol. The fourth-order valence-electron chi connectivity index (χ4n) is 3.30. The Kier molecular flexibility index (Phi) is 5.82. The van der Waals surface area contributed by atoms with Crippen molar-refractivity contribution in [3.8, 4) is 0 Å². The van der Waals surface area contributed by atoms with Crippen LogP contribution in [0.5, 0.6) is 0 Å². The van der Waals surface area contributed by atoms with E-state index in [2.05, 4.69) is 15.5 Å². The van der Waals surface area contributed by atoms with Gasteiger partial charge in [0.1, 0.15) is 0 Å². The molecule has 2 fully saturated rings. The fourth-order valence-corrected chi connectivity index (χ4v) is 3.30. The molecule has 0 unspecified atom stereocenters. The largest absolute Gasteiger partial charge is 0.377 e. The predicted octanol–water partition coefficient (Wildman–Crippen LogP) is 1.38. The van der Waals surface area contributed by atoms with E-state index in [1.165, 1.54) is 0 Å². The molecule has 1 aromatic rings. The number of nitrogens with one attached hydrogen (secondary N) is 2. The summed E-state index contributed by atoms with van der Waals surface area (Å²) in [7, 11) is 0. The van der Waals surface area contributed by atoms with Crippen molar-refractivity contribution in [2.24, 2.45) is 0 Å². The first kappa shape index (κ1) is 16.9. The van der Waals surface area contributed by atoms with E-state index in [0.29, 0.717) is 11.8 Å². The molecule has 0 radical (unpaired) electrons. The van der Waals surface area contributed by atoms with E-state index >= 15 is 0 Å². The van der Waals surface area contributed by atoms with Crippen molar-refractivity contribution in [2.75, 3.05) is 31.6 Å². The number of anilines is 1. The van der Waals surface area contributed by atoms with Crippen molar-refractivity contribution >= 4 is 17.5 Å². The van der Waals surface area contributed by atoms with Crippen LogP contribution >= 0.6 is 0 Å². The lowest BCUT2D eigenvalue weighted by Crippen LogP contribution is -2.48. The van der Waals surface area contributed by atoms with E-state index in [4.69, 9.17) is 4.74 Å². The van der Waals surface area contributed by atoms with Gasteiger partial charge in [0.25, 0.3) is 0 Å². The zero-order valence-corrected chi connectivity index (χ0v) is 13.9. The molecule has 1 aromatic carbocycles. The van der Waals surface area contributed by atoms with Crippen molar-refractivity contribution in [3.05, 3.63) is 30.3 Å². The molecular formula is C18H25N3O3. The van der Waals surface area contributed by atoms with Crippen LogP contribution in [0.15, 0.2) is 30.3 Å². The molecule has 6 heteroatoms. The number of nitrogens with zero attached hydrogens (tertiary/aromatic N) is 1. The summed E-state index contributed by atoms with van der Waals surface area (Å²) in [6.45, 7) is 3.74. The lowest BCUT2D eigenvalue weighted by atomic mass is 10.0. The topological polar surface area (TPSA) is 70.7 Å². The van der Waals surface area contributed by atoms with Gasteiger partial charge in [-0.3, -0.25) is 9.59 Å². The van der Waals surface area contributed by atoms with Gasteiger partial charge in [0, 0.05) is 38.0 Å². The Morgan fingerprint density at radius 2 is 1.83 bits per heavy atom. The molecule has 2 amide bonds. The minimum atomic E-state index is -0.608. The van der Waals surface area contributed by atoms with Crippen LogP contribution in [-0.4, -0.2) is 55.1 Å². The Balaban J connectivity index is 1.38. The Bertz CT molecular complexity index is 550. The summed E-state index contributed by atoms with van der Waals surface area (Å²) in [5, 5.41) is 5.45. The second-order valence-corrected chi connectivity index (χ2v) is 6.50. The number of hydrogen-bond acceptors (Lipinski definition) is 4. The summed E-state index contributed by atoms with van der Waals surface area (Å²) in [6, 6.07) is 9.08. The summed E-state index contributed by atoms with van der Waals surface area (Å²) in [6.07, 6.45) is 4.42. The van der Waals surface area contributed by atoms with Gasteiger partial charge in [0.2, 0.25) is 0 Å². The molecule has 0 aromatic heterocycles. The van der Waals surface area contributed by atoms with Gasteiger partial charge in [0.15, 0.2) is 0 Å². The van der Waals surface area contributed by atoms with Crippen LogP contribution < -0.4 is 10.6 Å². The Hall–Kier alpha value is -1.92. The van der Waals surface area contributed by atoms with Crippen LogP contribution in [-0.2, 0) is 14.3 Å². The average molecular weight is 331 g/mol. The number of benzene rings is 1. The molecule has 2 heterocycles. The van der Waals surface area contributed by atoms with Gasteiger partial charge in [-0.25, -0.2) is 0 Å². The first-order valence-corrected chi connectivity index (χ1v) is 8.71. The molecule has 1 atom stereocenters. The lowest BCUT2D eigenvalue weighted by Gasteiger charge is -2.33. The van der Waals surface area contributed by atoms with Crippen LogP contribution in [0.4, 0.5) is 5.69 Å². The number of para-hydroxylation sites is 1. The number of piperidine rings is 1. The Morgan fingerprint density at radius 1 is 1.08 bits per heavy atom. The Labute approximate surface area is 142 Å². The predicted molar refractivity (Wildman–Crippen MR) is 91.7 cm³/mol. The van der Waals surface area contributed by atoms with Gasteiger partial charge in [0.05, 0.1) is 6.10 Å². The molecule has 24 heavy (non-hydrogen) atoms. The van der Waals surface area contributed by atoms with Crippen LogP contribution in [0.2, 0.25) is 0 Å². The molecule has 2 aliphatic heterocycles. The van der Waals surface area contributed by atoms with E-state index in [1.54, 1.807) is 12.1 Å². The van der Waals surface area contributed by atoms with E-state index in [1.807, 2.05) is 18.2 Å². The normalized spacial score (nSPS) is 22.2. The van der Waals surface area contributed by atoms with Crippen molar-refractivity contribution < 1.29 is 14.3 Å². The van der Waals surface area contributed by atoms with Gasteiger partial charge in [-0.2, -0.15) is 0 Å². The number of ether oxygens (including phenoxy) is 1. The molecule has 3 rings (SSSR count). The summed E-state index contributed by atoms with van der Waals surface area (Å²) in [4.78, 5) is 26.3. The maximum atomic E-state index is 12.0. The number of hydrogen-bond donors (Lipinski definition) is 2. The van der Waals surface area contributed by atoms with Gasteiger partial charge >= 0.3 is 11.8 Å². The minimum Gasteiger partial charge on any atom is -0.377 e. The molecule has 2 N–H and O–H groups in total. The van der Waals surface area contributed by atoms with Gasteiger partial charge in [-0.05, 0) is 37.8 Å². The zero-order valence-electron chi connectivity index (χ0n) is 13.9. The van der Waals surface area contributed by atoms with Crippen LogP contribution in [0, 0.1) is 0 Å². The van der Waals surface area contributed by atoms with Crippen molar-refractivity contribution in [1.82, 2.24) is 10.2 Å². The number of carbonyl (C=O) groups is 2. The Morgan fingerprint density at radius 3 is 2.50 bits per heavy atom. The first-order chi connectivity index (χ1) is 11.7. The highest BCUT2D eigenvalue weighted by molar-refractivity contribution is 6.39. The summed E-state index contributed by atoms with van der Waals surface area (Å²) in [5.41, 5.74) is 0.629. The molecule has 2 saturated heterocycles. The van der Waals surface area contributed by atoms with Crippen molar-refractivity contribution in [3.63, 3.8) is 0 Å². The van der Waals surface area contributed by atoms with Crippen molar-refractivity contribution in [2.45, 2.75) is 37.8 Å². The quantitative estimate of drug-likeness (QED) is 0.818. The third-order valence-corrected chi connectivity index (χ3v) is 4.65. The molecule has 0 aliphatic carbocycles. The molecule has 130 valence electrons. The van der Waals surface area contributed by atoms with Crippen molar-refractivity contribution in [1.29, 1.82) is 0 Å². The number of likely N-dealkylation sites (tertiary alicyclic amines) is 1. The van der Waals surface area contributed by atoms with Crippen LogP contribution in [0.1, 0.15) is 25.7 Å². The standard InChI is InChI=1S/C18H25N3O3/c22-17(19-14-5-2-1-3-6-14)18(23)20-15-8-10-21(11-9-15)13-16-7-4-12-24-16/h1-3,5-6,15-16H,4,7-13H2,(H,19,22)(H,20,23)/t16-/m0/s1. The maximum Gasteiger partial charge on any atom is 0.313 e. The molecule has 0 saturated carbocycles. The summed E-state index contributed by atoms with van der Waals surface area (Å²) >= 11 is 0.